The maximum Gasteiger partial charge on any atom is 0.266 e. The Kier molecular flexibility index (Phi) is 7.27. The van der Waals surface area contributed by atoms with Gasteiger partial charge in [-0.3, -0.25) is 4.79 Å². The molecule has 1 N–H and O–H groups in total. The largest absolute Gasteiger partial charge is 0.495 e. The number of nitrogens with zero attached hydrogens (tertiary/aromatic N) is 2. The number of halogens is 1. The van der Waals surface area contributed by atoms with Crippen molar-refractivity contribution in [3.63, 3.8) is 0 Å². The van der Waals surface area contributed by atoms with Crippen LogP contribution in [0.15, 0.2) is 48.0 Å². The van der Waals surface area contributed by atoms with Crippen LogP contribution in [-0.2, 0) is 4.79 Å². The zero-order valence-corrected chi connectivity index (χ0v) is 16.4. The Hall–Kier alpha value is -2.97. The van der Waals surface area contributed by atoms with Crippen molar-refractivity contribution >= 4 is 35.0 Å². The molecule has 0 saturated heterocycles. The summed E-state index contributed by atoms with van der Waals surface area (Å²) in [5.74, 6) is 0.0190. The quantitative estimate of drug-likeness (QED) is 0.554. The van der Waals surface area contributed by atoms with Gasteiger partial charge in [0.05, 0.1) is 12.1 Å². The summed E-state index contributed by atoms with van der Waals surface area (Å²) in [4.78, 5) is 14.6. The van der Waals surface area contributed by atoms with Crippen molar-refractivity contribution in [3.05, 3.63) is 58.6 Å². The molecule has 6 heteroatoms. The first-order chi connectivity index (χ1) is 13.0. The molecule has 0 spiro atoms. The van der Waals surface area contributed by atoms with Gasteiger partial charge in [-0.1, -0.05) is 23.7 Å². The standard InChI is InChI=1S/C21H22ClN3O2/c1-4-25(5-2)18-9-6-15(7-10-18)12-16(14-23)21(26)24-17-8-11-20(27-3)19(22)13-17/h6-13H,4-5H2,1-3H3,(H,24,26)/b16-12+. The Bertz CT molecular complexity index is 866. The van der Waals surface area contributed by atoms with E-state index in [0.717, 1.165) is 24.3 Å². The van der Waals surface area contributed by atoms with Crippen LogP contribution >= 0.6 is 11.6 Å². The molecule has 2 rings (SSSR count). The summed E-state index contributed by atoms with van der Waals surface area (Å²) in [6.07, 6.45) is 1.56. The molecule has 1 amide bonds. The molecular formula is C21H22ClN3O2. The average molecular weight is 384 g/mol. The monoisotopic (exact) mass is 383 g/mol. The van der Waals surface area contributed by atoms with Gasteiger partial charge < -0.3 is 15.0 Å². The number of benzene rings is 2. The van der Waals surface area contributed by atoms with Crippen LogP contribution in [0.4, 0.5) is 11.4 Å². The SMILES string of the molecule is CCN(CC)c1ccc(/C=C(\C#N)C(=O)Nc2ccc(OC)c(Cl)c2)cc1. The summed E-state index contributed by atoms with van der Waals surface area (Å²) < 4.78 is 5.08. The second-order valence-electron chi connectivity index (χ2n) is 5.74. The number of methoxy groups -OCH3 is 1. The van der Waals surface area contributed by atoms with E-state index in [1.807, 2.05) is 30.3 Å². The number of nitrogens with one attached hydrogen (secondary N) is 1. The van der Waals surface area contributed by atoms with Crippen LogP contribution in [0.5, 0.6) is 5.75 Å². The molecular weight excluding hydrogens is 362 g/mol. The second-order valence-corrected chi connectivity index (χ2v) is 6.14. The third kappa shape index (κ3) is 5.25. The third-order valence-electron chi connectivity index (χ3n) is 4.11. The highest BCUT2D eigenvalue weighted by Gasteiger charge is 2.11. The van der Waals surface area contributed by atoms with Crippen molar-refractivity contribution in [3.8, 4) is 11.8 Å². The highest BCUT2D eigenvalue weighted by Crippen LogP contribution is 2.27. The van der Waals surface area contributed by atoms with Crippen molar-refractivity contribution in [2.75, 3.05) is 30.4 Å². The minimum atomic E-state index is -0.494. The Morgan fingerprint density at radius 1 is 1.22 bits per heavy atom. The lowest BCUT2D eigenvalue weighted by atomic mass is 10.1. The highest BCUT2D eigenvalue weighted by atomic mass is 35.5. The lowest BCUT2D eigenvalue weighted by molar-refractivity contribution is -0.112. The van der Waals surface area contributed by atoms with Gasteiger partial charge in [-0.2, -0.15) is 5.26 Å². The number of hydrogen-bond donors (Lipinski definition) is 1. The van der Waals surface area contributed by atoms with E-state index in [2.05, 4.69) is 24.1 Å². The van der Waals surface area contributed by atoms with E-state index in [-0.39, 0.29) is 5.57 Å². The number of nitriles is 1. The van der Waals surface area contributed by atoms with Gasteiger partial charge in [-0.25, -0.2) is 0 Å². The molecule has 0 heterocycles. The summed E-state index contributed by atoms with van der Waals surface area (Å²) in [6, 6.07) is 14.6. The lowest BCUT2D eigenvalue weighted by Gasteiger charge is -2.20. The Labute approximate surface area is 164 Å². The van der Waals surface area contributed by atoms with Crippen molar-refractivity contribution in [1.82, 2.24) is 0 Å². The summed E-state index contributed by atoms with van der Waals surface area (Å²) >= 11 is 6.06. The molecule has 0 aliphatic heterocycles. The molecule has 0 unspecified atom stereocenters. The van der Waals surface area contributed by atoms with Crippen LogP contribution in [0.3, 0.4) is 0 Å². The van der Waals surface area contributed by atoms with Crippen molar-refractivity contribution in [2.24, 2.45) is 0 Å². The zero-order chi connectivity index (χ0) is 19.8. The Balaban J connectivity index is 2.16. The second kappa shape index (κ2) is 9.65. The number of carbonyl (C=O) groups is 1. The van der Waals surface area contributed by atoms with E-state index in [4.69, 9.17) is 16.3 Å². The molecule has 0 fully saturated rings. The Morgan fingerprint density at radius 3 is 2.41 bits per heavy atom. The van der Waals surface area contributed by atoms with E-state index in [9.17, 15) is 10.1 Å². The van der Waals surface area contributed by atoms with E-state index in [1.165, 1.54) is 7.11 Å². The zero-order valence-electron chi connectivity index (χ0n) is 15.6. The summed E-state index contributed by atoms with van der Waals surface area (Å²) in [5.41, 5.74) is 2.39. The number of carbonyl (C=O) groups excluding carboxylic acids is 1. The summed E-state index contributed by atoms with van der Waals surface area (Å²) in [7, 11) is 1.52. The number of rotatable bonds is 7. The van der Waals surface area contributed by atoms with Crippen LogP contribution in [0.1, 0.15) is 19.4 Å². The maximum atomic E-state index is 12.4. The highest BCUT2D eigenvalue weighted by molar-refractivity contribution is 6.32. The minimum Gasteiger partial charge on any atom is -0.495 e. The minimum absolute atomic E-state index is 0.0116. The van der Waals surface area contributed by atoms with E-state index in [1.54, 1.807) is 24.3 Å². The van der Waals surface area contributed by atoms with Crippen LogP contribution < -0.4 is 15.0 Å². The first-order valence-corrected chi connectivity index (χ1v) is 9.01. The molecule has 5 nitrogen and oxygen atoms in total. The predicted molar refractivity (Wildman–Crippen MR) is 110 cm³/mol. The first kappa shape index (κ1) is 20.3. The molecule has 2 aromatic rings. The van der Waals surface area contributed by atoms with Crippen LogP contribution in [0.25, 0.3) is 6.08 Å². The molecule has 0 atom stereocenters. The molecule has 140 valence electrons. The molecule has 0 aliphatic carbocycles. The number of ether oxygens (including phenoxy) is 1. The van der Waals surface area contributed by atoms with Gasteiger partial charge in [-0.15, -0.1) is 0 Å². The average Bonchev–Trinajstić information content (AvgIpc) is 2.68. The van der Waals surface area contributed by atoms with Crippen molar-refractivity contribution in [1.29, 1.82) is 5.26 Å². The number of amides is 1. The van der Waals surface area contributed by atoms with Crippen LogP contribution in [0.2, 0.25) is 5.02 Å². The van der Waals surface area contributed by atoms with Gasteiger partial charge in [0, 0.05) is 24.5 Å². The van der Waals surface area contributed by atoms with Gasteiger partial charge in [0.15, 0.2) is 0 Å². The van der Waals surface area contributed by atoms with Gasteiger partial charge in [0.25, 0.3) is 5.91 Å². The van der Waals surface area contributed by atoms with E-state index in [0.29, 0.717) is 16.5 Å². The van der Waals surface area contributed by atoms with Gasteiger partial charge in [0.2, 0.25) is 0 Å². The fourth-order valence-corrected chi connectivity index (χ4v) is 2.89. The molecule has 0 aromatic heterocycles. The smallest absolute Gasteiger partial charge is 0.266 e. The number of anilines is 2. The van der Waals surface area contributed by atoms with Crippen LogP contribution in [-0.4, -0.2) is 26.1 Å². The van der Waals surface area contributed by atoms with Gasteiger partial charge in [-0.05, 0) is 55.8 Å². The third-order valence-corrected chi connectivity index (χ3v) is 4.40. The van der Waals surface area contributed by atoms with Crippen LogP contribution in [0, 0.1) is 11.3 Å². The topological polar surface area (TPSA) is 65.4 Å². The normalized spacial score (nSPS) is 10.9. The molecule has 0 bridgehead atoms. The van der Waals surface area contributed by atoms with E-state index < -0.39 is 5.91 Å². The van der Waals surface area contributed by atoms with Gasteiger partial charge >= 0.3 is 0 Å². The molecule has 0 saturated carbocycles. The molecule has 27 heavy (non-hydrogen) atoms. The van der Waals surface area contributed by atoms with Crippen molar-refractivity contribution in [2.45, 2.75) is 13.8 Å². The molecule has 0 radical (unpaired) electrons. The Morgan fingerprint density at radius 2 is 1.89 bits per heavy atom. The first-order valence-electron chi connectivity index (χ1n) is 8.64. The maximum absolute atomic E-state index is 12.4. The lowest BCUT2D eigenvalue weighted by Crippen LogP contribution is -2.21. The fraction of sp³-hybridized carbons (Fsp3) is 0.238. The van der Waals surface area contributed by atoms with E-state index >= 15 is 0 Å². The van der Waals surface area contributed by atoms with Gasteiger partial charge in [0.1, 0.15) is 17.4 Å². The fourth-order valence-electron chi connectivity index (χ4n) is 2.63. The summed E-state index contributed by atoms with van der Waals surface area (Å²) in [5, 5.41) is 12.4. The van der Waals surface area contributed by atoms with Crippen molar-refractivity contribution < 1.29 is 9.53 Å². The predicted octanol–water partition coefficient (Wildman–Crippen LogP) is 4.74. The number of hydrogen-bond acceptors (Lipinski definition) is 4. The molecule has 2 aromatic carbocycles. The summed E-state index contributed by atoms with van der Waals surface area (Å²) in [6.45, 7) is 6.03. The molecule has 0 aliphatic rings.